The first-order chi connectivity index (χ1) is 20.0. The van der Waals surface area contributed by atoms with Crippen molar-refractivity contribution in [1.29, 1.82) is 0 Å². The first kappa shape index (κ1) is 31.8. The molecule has 232 valence electrons. The van der Waals surface area contributed by atoms with E-state index in [2.05, 4.69) is 32.9 Å². The first-order valence-corrected chi connectivity index (χ1v) is 16.0. The number of carbonyl (C=O) groups is 3. The molecule has 1 aliphatic heterocycles. The Hall–Kier alpha value is -2.63. The highest BCUT2D eigenvalue weighted by atomic mass is 16.7. The fraction of sp³-hybridized carbons (Fsp3) is 0.605. The highest BCUT2D eigenvalue weighted by Crippen LogP contribution is 2.80. The van der Waals surface area contributed by atoms with E-state index < -0.39 is 50.4 Å². The van der Waals surface area contributed by atoms with Crippen LogP contribution in [-0.2, 0) is 14.3 Å². The van der Waals surface area contributed by atoms with Gasteiger partial charge in [-0.1, -0.05) is 79.1 Å². The lowest BCUT2D eigenvalue weighted by Crippen LogP contribution is -2.80. The van der Waals surface area contributed by atoms with Gasteiger partial charge < -0.3 is 9.84 Å². The summed E-state index contributed by atoms with van der Waals surface area (Å²) < 4.78 is 6.73. The van der Waals surface area contributed by atoms with E-state index in [-0.39, 0.29) is 24.7 Å². The summed E-state index contributed by atoms with van der Waals surface area (Å²) in [6, 6.07) is 8.80. The fourth-order valence-electron chi connectivity index (χ4n) is 9.50. The Kier molecular flexibility index (Phi) is 7.54. The highest BCUT2D eigenvalue weighted by molar-refractivity contribution is 6.34. The maximum atomic E-state index is 15.6. The molecule has 0 unspecified atom stereocenters. The molecular formula is C38H50O5. The predicted molar refractivity (Wildman–Crippen MR) is 169 cm³/mol. The molecule has 0 aromatic heterocycles. The smallest absolute Gasteiger partial charge is 0.192 e. The van der Waals surface area contributed by atoms with Gasteiger partial charge in [0.1, 0.15) is 0 Å². The Morgan fingerprint density at radius 2 is 1.53 bits per heavy atom. The quantitative estimate of drug-likeness (QED) is 0.180. The maximum absolute atomic E-state index is 15.6. The normalized spacial score (nSPS) is 36.8. The van der Waals surface area contributed by atoms with E-state index in [9.17, 15) is 9.90 Å². The number of carbonyl (C=O) groups excluding carboxylic acids is 3. The molecule has 5 fully saturated rings. The van der Waals surface area contributed by atoms with Crippen LogP contribution in [0.5, 0.6) is 0 Å². The molecular weight excluding hydrogens is 536 g/mol. The van der Waals surface area contributed by atoms with Gasteiger partial charge in [-0.25, -0.2) is 0 Å². The Morgan fingerprint density at radius 3 is 2.14 bits per heavy atom. The molecule has 1 heterocycles. The largest absolute Gasteiger partial charge is 0.364 e. The lowest BCUT2D eigenvalue weighted by atomic mass is 9.35. The summed E-state index contributed by atoms with van der Waals surface area (Å²) in [5.41, 5.74) is -2.89. The number of ketones is 3. The van der Waals surface area contributed by atoms with E-state index in [1.165, 1.54) is 5.57 Å². The molecule has 6 rings (SSSR count). The summed E-state index contributed by atoms with van der Waals surface area (Å²) in [6.07, 6.45) is 9.42. The lowest BCUT2D eigenvalue weighted by Gasteiger charge is -2.65. The van der Waals surface area contributed by atoms with E-state index in [0.717, 1.165) is 24.0 Å². The van der Waals surface area contributed by atoms with Crippen LogP contribution in [0.1, 0.15) is 111 Å². The molecule has 5 heteroatoms. The summed E-state index contributed by atoms with van der Waals surface area (Å²) in [6.45, 7) is 18.0. The summed E-state index contributed by atoms with van der Waals surface area (Å²) in [5.74, 6) is -3.88. The first-order valence-electron chi connectivity index (χ1n) is 16.0. The van der Waals surface area contributed by atoms with Crippen molar-refractivity contribution in [1.82, 2.24) is 0 Å². The van der Waals surface area contributed by atoms with Crippen LogP contribution in [0, 0.1) is 33.5 Å². The minimum atomic E-state index is -2.04. The van der Waals surface area contributed by atoms with Crippen molar-refractivity contribution in [2.75, 3.05) is 0 Å². The van der Waals surface area contributed by atoms with Crippen molar-refractivity contribution < 1.29 is 24.2 Å². The van der Waals surface area contributed by atoms with Gasteiger partial charge in [0.15, 0.2) is 28.6 Å². The van der Waals surface area contributed by atoms with Crippen molar-refractivity contribution in [2.24, 2.45) is 33.5 Å². The average molecular weight is 587 g/mol. The SMILES string of the molecule is CC(C)=CCCC(C)=CC[C@@]12C[C@H]3C[C@H]4C(C)(C)O[C@]1(O)[C@@]4(CC=C(C)C)C(=O)[C@@](C(=O)c1ccccc1)(C2=O)C3(C)C. The third-order valence-electron chi connectivity index (χ3n) is 11.8. The van der Waals surface area contributed by atoms with E-state index >= 15 is 9.59 Å². The third kappa shape index (κ3) is 3.99. The Bertz CT molecular complexity index is 1440. The van der Waals surface area contributed by atoms with E-state index in [1.807, 2.05) is 53.7 Å². The minimum absolute atomic E-state index is 0.142. The van der Waals surface area contributed by atoms with Crippen LogP contribution < -0.4 is 0 Å². The lowest BCUT2D eigenvalue weighted by molar-refractivity contribution is -0.324. The van der Waals surface area contributed by atoms with Crippen LogP contribution in [0.3, 0.4) is 0 Å². The fourth-order valence-corrected chi connectivity index (χ4v) is 9.50. The number of aliphatic hydroxyl groups is 1. The minimum Gasteiger partial charge on any atom is -0.364 e. The Morgan fingerprint density at radius 1 is 0.907 bits per heavy atom. The van der Waals surface area contributed by atoms with Crippen LogP contribution >= 0.6 is 0 Å². The number of benzene rings is 1. The maximum Gasteiger partial charge on any atom is 0.192 e. The summed E-state index contributed by atoms with van der Waals surface area (Å²) in [5, 5.41) is 13.2. The molecule has 1 saturated heterocycles. The van der Waals surface area contributed by atoms with Crippen molar-refractivity contribution in [3.05, 3.63) is 70.8 Å². The van der Waals surface area contributed by atoms with Crippen molar-refractivity contribution >= 4 is 17.3 Å². The van der Waals surface area contributed by atoms with Gasteiger partial charge in [-0.2, -0.15) is 0 Å². The zero-order chi connectivity index (χ0) is 31.8. The van der Waals surface area contributed by atoms with Gasteiger partial charge in [0.25, 0.3) is 0 Å². The van der Waals surface area contributed by atoms with Crippen LogP contribution in [0.15, 0.2) is 65.3 Å². The number of allylic oxidation sites excluding steroid dienone is 6. The number of hydrogen-bond acceptors (Lipinski definition) is 5. The van der Waals surface area contributed by atoms with E-state index in [0.29, 0.717) is 18.4 Å². The van der Waals surface area contributed by atoms with Crippen molar-refractivity contribution in [3.8, 4) is 0 Å². The molecule has 0 amide bonds. The third-order valence-corrected chi connectivity index (χ3v) is 11.8. The van der Waals surface area contributed by atoms with Crippen molar-refractivity contribution in [2.45, 2.75) is 112 Å². The molecule has 0 radical (unpaired) electrons. The van der Waals surface area contributed by atoms with Crippen LogP contribution in [0.25, 0.3) is 0 Å². The molecule has 0 spiro atoms. The molecule has 4 saturated carbocycles. The van der Waals surface area contributed by atoms with Gasteiger partial charge in [-0.05, 0) is 98.3 Å². The molecule has 1 aromatic carbocycles. The number of rotatable bonds is 9. The molecule has 1 aromatic rings. The Labute approximate surface area is 257 Å². The molecule has 43 heavy (non-hydrogen) atoms. The second-order valence-electron chi connectivity index (χ2n) is 15.5. The van der Waals surface area contributed by atoms with Gasteiger partial charge >= 0.3 is 0 Å². The Balaban J connectivity index is 1.83. The van der Waals surface area contributed by atoms with Crippen LogP contribution in [0.2, 0.25) is 0 Å². The molecule has 5 aliphatic rings. The zero-order valence-electron chi connectivity index (χ0n) is 27.6. The van der Waals surface area contributed by atoms with E-state index in [4.69, 9.17) is 4.74 Å². The topological polar surface area (TPSA) is 80.7 Å². The highest BCUT2D eigenvalue weighted by Gasteiger charge is 2.92. The van der Waals surface area contributed by atoms with Crippen LogP contribution in [-0.4, -0.2) is 33.8 Å². The summed E-state index contributed by atoms with van der Waals surface area (Å²) in [7, 11) is 0. The van der Waals surface area contributed by atoms with Gasteiger partial charge in [0, 0.05) is 11.5 Å². The number of Topliss-reactive ketones (excluding diaryl/α,β-unsaturated/α-hetero) is 3. The number of hydrogen-bond donors (Lipinski definition) is 1. The van der Waals surface area contributed by atoms with E-state index in [1.54, 1.807) is 24.3 Å². The summed E-state index contributed by atoms with van der Waals surface area (Å²) in [4.78, 5) is 46.0. The van der Waals surface area contributed by atoms with Gasteiger partial charge in [-0.3, -0.25) is 14.4 Å². The standard InChI is InChI=1S/C38H50O5/c1-24(2)14-13-15-26(5)19-20-35-23-28-22-29-34(8,9)43-38(35,42)36(29,21-18-25(3)4)32(41)37(31(35)40,33(28,6)7)30(39)27-16-11-10-12-17-27/h10-12,14,16-19,28-29,42H,13,15,20-23H2,1-9H3/t28-,29+,35+,36-,37-,38+/m1/s1. The summed E-state index contributed by atoms with van der Waals surface area (Å²) >= 11 is 0. The molecule has 5 nitrogen and oxygen atoms in total. The van der Waals surface area contributed by atoms with Gasteiger partial charge in [0.2, 0.25) is 0 Å². The molecule has 1 N–H and O–H groups in total. The molecule has 6 bridgehead atoms. The second-order valence-corrected chi connectivity index (χ2v) is 15.5. The average Bonchev–Trinajstić information content (AvgIpc) is 3.01. The monoisotopic (exact) mass is 586 g/mol. The predicted octanol–water partition coefficient (Wildman–Crippen LogP) is 7.98. The van der Waals surface area contributed by atoms with Gasteiger partial charge in [0.05, 0.1) is 16.4 Å². The zero-order valence-corrected chi connectivity index (χ0v) is 27.6. The number of ether oxygens (including phenoxy) is 1. The molecule has 4 aliphatic carbocycles. The second kappa shape index (κ2) is 10.2. The van der Waals surface area contributed by atoms with Gasteiger partial charge in [-0.15, -0.1) is 0 Å². The van der Waals surface area contributed by atoms with Crippen LogP contribution in [0.4, 0.5) is 0 Å². The molecule has 6 atom stereocenters. The van der Waals surface area contributed by atoms with Crippen molar-refractivity contribution in [3.63, 3.8) is 0 Å².